The number of fused-ring (bicyclic) bond motifs is 2. The summed E-state index contributed by atoms with van der Waals surface area (Å²) in [5, 5.41) is 7.06. The van der Waals surface area contributed by atoms with Crippen molar-refractivity contribution >= 4 is 51.0 Å². The molecule has 180 valence electrons. The third-order valence-electron chi connectivity index (χ3n) is 6.35. The summed E-state index contributed by atoms with van der Waals surface area (Å²) in [5.74, 6) is 0.0999. The smallest absolute Gasteiger partial charge is 0.422 e. The molecule has 9 heteroatoms. The number of anilines is 2. The van der Waals surface area contributed by atoms with Gasteiger partial charge in [-0.1, -0.05) is 41.9 Å². The molecule has 0 radical (unpaired) electrons. The minimum absolute atomic E-state index is 0.358. The highest BCUT2D eigenvalue weighted by Gasteiger charge is 2.48. The van der Waals surface area contributed by atoms with Crippen LogP contribution in [0.5, 0.6) is 0 Å². The number of amides is 2. The van der Waals surface area contributed by atoms with Gasteiger partial charge in [0, 0.05) is 34.2 Å². The normalized spacial score (nSPS) is 20.2. The minimum atomic E-state index is -0.845. The molecule has 2 aliphatic rings. The number of nitrogens with zero attached hydrogens (tertiary/aromatic N) is 2. The zero-order chi connectivity index (χ0) is 24.4. The third-order valence-corrected chi connectivity index (χ3v) is 7.06. The van der Waals surface area contributed by atoms with E-state index < -0.39 is 23.6 Å². The minimum Gasteiger partial charge on any atom is -0.436 e. The van der Waals surface area contributed by atoms with Crippen molar-refractivity contribution in [2.45, 2.75) is 30.9 Å². The average molecular weight is 556 g/mol. The van der Waals surface area contributed by atoms with Gasteiger partial charge in [-0.2, -0.15) is 0 Å². The number of carbonyl (C=O) groups is 2. The van der Waals surface area contributed by atoms with Crippen LogP contribution in [0.3, 0.4) is 0 Å². The van der Waals surface area contributed by atoms with E-state index in [4.69, 9.17) is 16.3 Å². The SMILES string of the molecule is O=C1O[C@]2(CCCNC2)c2cc(Cl)ccc2N1C(=O)[C@H](Cc1ccccc1)Nc1ccc(Br)cn1. The summed E-state index contributed by atoms with van der Waals surface area (Å²) in [5.41, 5.74) is 1.35. The van der Waals surface area contributed by atoms with Gasteiger partial charge < -0.3 is 15.4 Å². The molecule has 35 heavy (non-hydrogen) atoms. The zero-order valence-electron chi connectivity index (χ0n) is 18.8. The predicted molar refractivity (Wildman–Crippen MR) is 139 cm³/mol. The molecule has 3 heterocycles. The fourth-order valence-corrected chi connectivity index (χ4v) is 5.09. The molecule has 1 spiro atoms. The zero-order valence-corrected chi connectivity index (χ0v) is 21.2. The van der Waals surface area contributed by atoms with Crippen molar-refractivity contribution in [2.24, 2.45) is 0 Å². The van der Waals surface area contributed by atoms with Crippen molar-refractivity contribution in [3.05, 3.63) is 87.5 Å². The summed E-state index contributed by atoms with van der Waals surface area (Å²) in [6.45, 7) is 1.32. The lowest BCUT2D eigenvalue weighted by atomic mass is 9.84. The van der Waals surface area contributed by atoms with Crippen LogP contribution in [-0.4, -0.2) is 36.1 Å². The van der Waals surface area contributed by atoms with Gasteiger partial charge in [0.25, 0.3) is 5.91 Å². The Bertz CT molecular complexity index is 1230. The molecule has 2 N–H and O–H groups in total. The molecule has 1 aromatic heterocycles. The number of hydrogen-bond donors (Lipinski definition) is 2. The van der Waals surface area contributed by atoms with Crippen molar-refractivity contribution in [1.29, 1.82) is 0 Å². The predicted octanol–water partition coefficient (Wildman–Crippen LogP) is 5.28. The Kier molecular flexibility index (Phi) is 6.77. The van der Waals surface area contributed by atoms with Gasteiger partial charge in [-0.15, -0.1) is 0 Å². The van der Waals surface area contributed by atoms with Gasteiger partial charge in [0.05, 0.1) is 5.69 Å². The Morgan fingerprint density at radius 2 is 2.06 bits per heavy atom. The maximum absolute atomic E-state index is 14.0. The van der Waals surface area contributed by atoms with E-state index in [1.165, 1.54) is 0 Å². The molecule has 0 aliphatic carbocycles. The number of hydrogen-bond acceptors (Lipinski definition) is 6. The van der Waals surface area contributed by atoms with Crippen LogP contribution in [0.2, 0.25) is 5.02 Å². The average Bonchev–Trinajstić information content (AvgIpc) is 2.86. The summed E-state index contributed by atoms with van der Waals surface area (Å²) in [6, 6.07) is 17.7. The second-order valence-corrected chi connectivity index (χ2v) is 10.1. The van der Waals surface area contributed by atoms with Crippen molar-refractivity contribution in [3.8, 4) is 0 Å². The molecule has 7 nitrogen and oxygen atoms in total. The molecule has 1 saturated heterocycles. The fraction of sp³-hybridized carbons (Fsp3) is 0.269. The highest BCUT2D eigenvalue weighted by molar-refractivity contribution is 9.10. The number of ether oxygens (including phenoxy) is 1. The molecule has 0 bridgehead atoms. The molecule has 2 atom stereocenters. The molecule has 5 rings (SSSR count). The lowest BCUT2D eigenvalue weighted by Gasteiger charge is -2.44. The van der Waals surface area contributed by atoms with E-state index in [9.17, 15) is 9.59 Å². The molecular formula is C26H24BrClN4O3. The lowest BCUT2D eigenvalue weighted by molar-refractivity contribution is -0.119. The van der Waals surface area contributed by atoms with E-state index in [0.29, 0.717) is 35.9 Å². The number of imide groups is 1. The number of benzene rings is 2. The molecule has 1 fully saturated rings. The van der Waals surface area contributed by atoms with Gasteiger partial charge in [0.2, 0.25) is 0 Å². The van der Waals surface area contributed by atoms with Crippen LogP contribution < -0.4 is 15.5 Å². The van der Waals surface area contributed by atoms with E-state index in [2.05, 4.69) is 31.5 Å². The maximum Gasteiger partial charge on any atom is 0.422 e. The second kappa shape index (κ2) is 9.97. The highest BCUT2D eigenvalue weighted by Crippen LogP contribution is 2.44. The largest absolute Gasteiger partial charge is 0.436 e. The molecular weight excluding hydrogens is 532 g/mol. The molecule has 2 aromatic carbocycles. The Hall–Kier alpha value is -2.94. The van der Waals surface area contributed by atoms with Gasteiger partial charge in [-0.05, 0) is 71.2 Å². The van der Waals surface area contributed by atoms with Crippen LogP contribution >= 0.6 is 27.5 Å². The fourth-order valence-electron chi connectivity index (χ4n) is 4.68. The van der Waals surface area contributed by atoms with Crippen molar-refractivity contribution in [3.63, 3.8) is 0 Å². The van der Waals surface area contributed by atoms with Crippen LogP contribution in [0.1, 0.15) is 24.0 Å². The first-order chi connectivity index (χ1) is 16.9. The van der Waals surface area contributed by atoms with E-state index in [-0.39, 0.29) is 0 Å². The summed E-state index contributed by atoms with van der Waals surface area (Å²) in [6.07, 6.45) is 2.84. The standard InChI is InChI=1S/C26H24BrClN4O3/c27-18-7-10-23(30-15-18)31-21(13-17-5-2-1-3-6-17)24(33)32-22-9-8-19(28)14-20(22)26(35-25(32)34)11-4-12-29-16-26/h1-3,5-10,14-15,21,29H,4,11-13,16H2,(H,30,31)/t21-,26-/m0/s1. The van der Waals surface area contributed by atoms with Crippen LogP contribution in [0.25, 0.3) is 0 Å². The van der Waals surface area contributed by atoms with Crippen molar-refractivity contribution < 1.29 is 14.3 Å². The van der Waals surface area contributed by atoms with Crippen LogP contribution in [-0.2, 0) is 21.6 Å². The van der Waals surface area contributed by atoms with E-state index in [1.54, 1.807) is 30.5 Å². The number of aromatic nitrogens is 1. The van der Waals surface area contributed by atoms with E-state index in [0.717, 1.165) is 33.5 Å². The number of pyridine rings is 1. The number of nitrogens with one attached hydrogen (secondary N) is 2. The van der Waals surface area contributed by atoms with Gasteiger partial charge >= 0.3 is 6.09 Å². The van der Waals surface area contributed by atoms with Gasteiger partial charge in [0.1, 0.15) is 11.9 Å². The van der Waals surface area contributed by atoms with Crippen LogP contribution in [0.15, 0.2) is 71.3 Å². The van der Waals surface area contributed by atoms with Crippen LogP contribution in [0.4, 0.5) is 16.3 Å². The van der Waals surface area contributed by atoms with Gasteiger partial charge in [-0.25, -0.2) is 14.7 Å². The van der Waals surface area contributed by atoms with Gasteiger partial charge in [0.15, 0.2) is 5.60 Å². The summed E-state index contributed by atoms with van der Waals surface area (Å²) in [4.78, 5) is 32.9. The first kappa shape index (κ1) is 23.8. The Morgan fingerprint density at radius 3 is 2.77 bits per heavy atom. The molecule has 0 unspecified atom stereocenters. The van der Waals surface area contributed by atoms with Crippen LogP contribution in [0, 0.1) is 0 Å². The first-order valence-electron chi connectivity index (χ1n) is 11.4. The second-order valence-electron chi connectivity index (χ2n) is 8.73. The Balaban J connectivity index is 1.53. The first-order valence-corrected chi connectivity index (χ1v) is 12.6. The summed E-state index contributed by atoms with van der Waals surface area (Å²) in [7, 11) is 0. The van der Waals surface area contributed by atoms with Crippen molar-refractivity contribution in [2.75, 3.05) is 23.3 Å². The Morgan fingerprint density at radius 1 is 1.23 bits per heavy atom. The van der Waals surface area contributed by atoms with E-state index >= 15 is 0 Å². The number of rotatable bonds is 5. The maximum atomic E-state index is 14.0. The topological polar surface area (TPSA) is 83.6 Å². The highest BCUT2D eigenvalue weighted by atomic mass is 79.9. The monoisotopic (exact) mass is 554 g/mol. The number of carbonyl (C=O) groups excluding carboxylic acids is 2. The summed E-state index contributed by atoms with van der Waals surface area (Å²) >= 11 is 9.72. The third kappa shape index (κ3) is 4.91. The quantitative estimate of drug-likeness (QED) is 0.446. The molecule has 3 aromatic rings. The van der Waals surface area contributed by atoms with Gasteiger partial charge in [-0.3, -0.25) is 4.79 Å². The van der Waals surface area contributed by atoms with Crippen molar-refractivity contribution in [1.82, 2.24) is 10.3 Å². The number of piperidine rings is 1. The Labute approximate surface area is 217 Å². The molecule has 2 amide bonds. The summed E-state index contributed by atoms with van der Waals surface area (Å²) < 4.78 is 6.82. The molecule has 0 saturated carbocycles. The van der Waals surface area contributed by atoms with E-state index in [1.807, 2.05) is 36.4 Å². The molecule has 2 aliphatic heterocycles. The lowest BCUT2D eigenvalue weighted by Crippen LogP contribution is -2.57. The number of halogens is 2.